The molecule has 0 unspecified atom stereocenters. The highest BCUT2D eigenvalue weighted by molar-refractivity contribution is 7.89. The van der Waals surface area contributed by atoms with Crippen molar-refractivity contribution in [2.24, 2.45) is 0 Å². The minimum absolute atomic E-state index is 0.0364. The van der Waals surface area contributed by atoms with Gasteiger partial charge in [0, 0.05) is 30.3 Å². The van der Waals surface area contributed by atoms with Crippen LogP contribution in [0.4, 0.5) is 5.69 Å². The molecule has 0 amide bonds. The lowest BCUT2D eigenvalue weighted by atomic mass is 10.1. The number of sulfonamides is 1. The Hall–Kier alpha value is -2.59. The number of hydrogen-bond donors (Lipinski definition) is 0. The average molecular weight is 420 g/mol. The van der Waals surface area contributed by atoms with E-state index in [1.54, 1.807) is 13.8 Å². The molecule has 0 atom stereocenters. The van der Waals surface area contributed by atoms with Crippen LogP contribution in [0.15, 0.2) is 23.1 Å². The molecule has 0 saturated carbocycles. The van der Waals surface area contributed by atoms with E-state index in [9.17, 15) is 23.3 Å². The van der Waals surface area contributed by atoms with Gasteiger partial charge in [-0.3, -0.25) is 14.9 Å². The van der Waals surface area contributed by atoms with Crippen LogP contribution in [0.5, 0.6) is 0 Å². The fourth-order valence-corrected chi connectivity index (χ4v) is 5.54. The van der Waals surface area contributed by atoms with E-state index in [0.717, 1.165) is 30.4 Å². The Morgan fingerprint density at radius 2 is 1.72 bits per heavy atom. The summed E-state index contributed by atoms with van der Waals surface area (Å²) in [6.07, 6.45) is 3.59. The van der Waals surface area contributed by atoms with E-state index in [0.29, 0.717) is 18.7 Å². The summed E-state index contributed by atoms with van der Waals surface area (Å²) < 4.78 is 28.9. The number of aryl methyl sites for hydroxylation is 2. The molecule has 1 aliphatic rings. The topological polar surface area (TPSA) is 115 Å². The van der Waals surface area contributed by atoms with Gasteiger partial charge in [-0.05, 0) is 39.7 Å². The molecule has 1 saturated heterocycles. The normalized spacial score (nSPS) is 15.8. The van der Waals surface area contributed by atoms with Crippen LogP contribution in [0.3, 0.4) is 0 Å². The lowest BCUT2D eigenvalue weighted by Gasteiger charge is -2.20. The van der Waals surface area contributed by atoms with Crippen molar-refractivity contribution in [2.45, 2.75) is 51.3 Å². The van der Waals surface area contributed by atoms with E-state index in [4.69, 9.17) is 0 Å². The highest BCUT2D eigenvalue weighted by Crippen LogP contribution is 2.27. The van der Waals surface area contributed by atoms with Gasteiger partial charge in [-0.2, -0.15) is 14.1 Å². The smallest absolute Gasteiger partial charge is 0.267 e. The zero-order chi connectivity index (χ0) is 21.3. The molecule has 3 rings (SSSR count). The third kappa shape index (κ3) is 3.95. The van der Waals surface area contributed by atoms with E-state index in [1.165, 1.54) is 29.4 Å². The summed E-state index contributed by atoms with van der Waals surface area (Å²) >= 11 is 0. The lowest BCUT2D eigenvalue weighted by Crippen LogP contribution is -2.32. The highest BCUT2D eigenvalue weighted by Gasteiger charge is 2.32. The van der Waals surface area contributed by atoms with Gasteiger partial charge in [0.15, 0.2) is 0 Å². The Balaban J connectivity index is 2.02. The second-order valence-electron chi connectivity index (χ2n) is 7.29. The maximum atomic E-state index is 13.2. The van der Waals surface area contributed by atoms with E-state index < -0.39 is 20.9 Å². The highest BCUT2D eigenvalue weighted by atomic mass is 32.2. The number of carbonyl (C=O) groups excluding carboxylic acids is 1. The summed E-state index contributed by atoms with van der Waals surface area (Å²) in [5.74, 6) is -0.606. The van der Waals surface area contributed by atoms with Gasteiger partial charge in [0.2, 0.25) is 10.0 Å². The van der Waals surface area contributed by atoms with Gasteiger partial charge < -0.3 is 0 Å². The molecular formula is C19H24N4O5S. The monoisotopic (exact) mass is 420 g/mol. The number of aromatic nitrogens is 2. The van der Waals surface area contributed by atoms with Crippen molar-refractivity contribution in [2.75, 3.05) is 13.1 Å². The first-order chi connectivity index (χ1) is 13.6. The number of hydrogen-bond acceptors (Lipinski definition) is 6. The molecular weight excluding hydrogens is 396 g/mol. The van der Waals surface area contributed by atoms with Crippen molar-refractivity contribution in [3.63, 3.8) is 0 Å². The molecule has 2 heterocycles. The van der Waals surface area contributed by atoms with Crippen molar-refractivity contribution in [3.8, 4) is 0 Å². The van der Waals surface area contributed by atoms with Gasteiger partial charge in [-0.15, -0.1) is 0 Å². The first-order valence-electron chi connectivity index (χ1n) is 9.50. The summed E-state index contributed by atoms with van der Waals surface area (Å²) in [5, 5.41) is 15.3. The summed E-state index contributed by atoms with van der Waals surface area (Å²) in [7, 11) is -3.78. The molecule has 1 aromatic carbocycles. The number of benzene rings is 1. The van der Waals surface area contributed by atoms with E-state index in [-0.39, 0.29) is 27.5 Å². The molecule has 0 radical (unpaired) electrons. The predicted molar refractivity (Wildman–Crippen MR) is 106 cm³/mol. The minimum atomic E-state index is -3.78. The third-order valence-corrected chi connectivity index (χ3v) is 7.38. The predicted octanol–water partition coefficient (Wildman–Crippen LogP) is 2.97. The Morgan fingerprint density at radius 3 is 2.31 bits per heavy atom. The number of nitro benzene ring substituents is 1. The zero-order valence-corrected chi connectivity index (χ0v) is 17.5. The molecule has 2 aromatic rings. The van der Waals surface area contributed by atoms with Gasteiger partial charge in [-0.25, -0.2) is 8.42 Å². The molecule has 0 bridgehead atoms. The summed E-state index contributed by atoms with van der Waals surface area (Å²) in [4.78, 5) is 23.6. The largest absolute Gasteiger partial charge is 0.278 e. The van der Waals surface area contributed by atoms with Gasteiger partial charge in [0.05, 0.1) is 16.3 Å². The third-order valence-electron chi connectivity index (χ3n) is 5.23. The van der Waals surface area contributed by atoms with Crippen LogP contribution in [-0.2, 0) is 10.0 Å². The van der Waals surface area contributed by atoms with Crippen molar-refractivity contribution >= 4 is 21.6 Å². The minimum Gasteiger partial charge on any atom is -0.267 e. The Labute approximate surface area is 169 Å². The fraction of sp³-hybridized carbons (Fsp3) is 0.474. The second kappa shape index (κ2) is 8.03. The number of nitrogens with zero attached hydrogens (tertiary/aromatic N) is 4. The molecule has 0 spiro atoms. The van der Waals surface area contributed by atoms with Crippen LogP contribution in [0.2, 0.25) is 0 Å². The van der Waals surface area contributed by atoms with Crippen LogP contribution in [0.25, 0.3) is 0 Å². The first kappa shape index (κ1) is 21.1. The van der Waals surface area contributed by atoms with Crippen LogP contribution < -0.4 is 0 Å². The van der Waals surface area contributed by atoms with Gasteiger partial charge in [-0.1, -0.05) is 18.9 Å². The quantitative estimate of drug-likeness (QED) is 0.555. The fourth-order valence-electron chi connectivity index (χ4n) is 3.67. The van der Waals surface area contributed by atoms with Crippen LogP contribution in [0.1, 0.15) is 53.0 Å². The van der Waals surface area contributed by atoms with Crippen molar-refractivity contribution in [1.82, 2.24) is 14.1 Å². The molecule has 10 heteroatoms. The Morgan fingerprint density at radius 1 is 1.10 bits per heavy atom. The number of rotatable bonds is 4. The molecule has 9 nitrogen and oxygen atoms in total. The van der Waals surface area contributed by atoms with Gasteiger partial charge in [0.25, 0.3) is 11.6 Å². The van der Waals surface area contributed by atoms with E-state index in [2.05, 4.69) is 5.10 Å². The molecule has 1 fully saturated rings. The SMILES string of the molecule is Cc1ccc(C(=O)n2nc(C)c(S(=O)(=O)N3CCCCCC3)c2C)cc1[N+](=O)[O-]. The van der Waals surface area contributed by atoms with Crippen LogP contribution in [-0.4, -0.2) is 46.4 Å². The summed E-state index contributed by atoms with van der Waals surface area (Å²) in [6.45, 7) is 5.57. The van der Waals surface area contributed by atoms with Crippen LogP contribution in [0, 0.1) is 30.9 Å². The molecule has 0 N–H and O–H groups in total. The first-order valence-corrected chi connectivity index (χ1v) is 10.9. The van der Waals surface area contributed by atoms with Crippen molar-refractivity contribution in [3.05, 3.63) is 50.8 Å². The molecule has 1 aromatic heterocycles. The van der Waals surface area contributed by atoms with E-state index in [1.807, 2.05) is 0 Å². The summed E-state index contributed by atoms with van der Waals surface area (Å²) in [5.41, 5.74) is 0.785. The maximum absolute atomic E-state index is 13.2. The van der Waals surface area contributed by atoms with Gasteiger partial charge in [0.1, 0.15) is 4.90 Å². The number of nitro groups is 1. The summed E-state index contributed by atoms with van der Waals surface area (Å²) in [6, 6.07) is 4.16. The van der Waals surface area contributed by atoms with Gasteiger partial charge >= 0.3 is 0 Å². The Kier molecular flexibility index (Phi) is 5.85. The Bertz CT molecular complexity index is 1070. The van der Waals surface area contributed by atoms with Crippen molar-refractivity contribution in [1.29, 1.82) is 0 Å². The lowest BCUT2D eigenvalue weighted by molar-refractivity contribution is -0.385. The van der Waals surface area contributed by atoms with Crippen LogP contribution >= 0.6 is 0 Å². The molecule has 29 heavy (non-hydrogen) atoms. The molecule has 156 valence electrons. The van der Waals surface area contributed by atoms with Crippen molar-refractivity contribution < 1.29 is 18.1 Å². The maximum Gasteiger partial charge on any atom is 0.278 e. The standard InChI is InChI=1S/C19H24N4O5S/c1-13-8-9-16(12-17(13)23(25)26)19(24)22-15(3)18(14(2)20-22)29(27,28)21-10-6-4-5-7-11-21/h8-9,12H,4-7,10-11H2,1-3H3. The van der Waals surface area contributed by atoms with E-state index >= 15 is 0 Å². The average Bonchev–Trinajstić information content (AvgIpc) is 2.84. The number of carbonyl (C=O) groups is 1. The second-order valence-corrected chi connectivity index (χ2v) is 9.17. The zero-order valence-electron chi connectivity index (χ0n) is 16.7. The molecule has 0 aliphatic carbocycles. The molecule has 1 aliphatic heterocycles.